The number of hydrogen-bond acceptors (Lipinski definition) is 5. The molecule has 3 aromatic heterocycles. The van der Waals surface area contributed by atoms with Crippen molar-refractivity contribution in [3.63, 3.8) is 0 Å². The zero-order valence-electron chi connectivity index (χ0n) is 16.9. The minimum Gasteiger partial charge on any atom is -0.461 e. The molecule has 0 radical (unpaired) electrons. The Labute approximate surface area is 176 Å². The molecule has 3 heterocycles. The maximum atomic E-state index is 6.02. The fourth-order valence-electron chi connectivity index (χ4n) is 3.48. The second kappa shape index (κ2) is 9.70. The fourth-order valence-corrected chi connectivity index (χ4v) is 4.22. The molecule has 0 saturated heterocycles. The predicted octanol–water partition coefficient (Wildman–Crippen LogP) is 7.60. The van der Waals surface area contributed by atoms with Crippen LogP contribution in [0.4, 0.5) is 10.8 Å². The van der Waals surface area contributed by atoms with E-state index in [1.165, 1.54) is 38.5 Å². The number of aryl methyl sites for hydroxylation is 1. The number of nitrogens with zero attached hydrogens (tertiary/aromatic N) is 2. The smallest absolute Gasteiger partial charge is 0.187 e. The van der Waals surface area contributed by atoms with Crippen LogP contribution < -0.4 is 5.32 Å². The van der Waals surface area contributed by atoms with Gasteiger partial charge in [-0.25, -0.2) is 4.98 Å². The number of pyridine rings is 1. The molecule has 0 amide bonds. The Balaban J connectivity index is 1.37. The van der Waals surface area contributed by atoms with Crippen molar-refractivity contribution < 1.29 is 4.42 Å². The summed E-state index contributed by atoms with van der Waals surface area (Å²) < 4.78 is 6.02. The molecule has 0 aliphatic rings. The summed E-state index contributed by atoms with van der Waals surface area (Å²) in [5.41, 5.74) is 3.95. The highest BCUT2D eigenvalue weighted by atomic mass is 32.1. The monoisotopic (exact) mass is 405 g/mol. The Morgan fingerprint density at radius 2 is 1.93 bits per heavy atom. The van der Waals surface area contributed by atoms with Crippen molar-refractivity contribution >= 4 is 33.1 Å². The maximum absolute atomic E-state index is 6.02. The number of nitrogens with one attached hydrogen (secondary N) is 1. The third kappa shape index (κ3) is 5.24. The number of rotatable bonds is 10. The van der Waals surface area contributed by atoms with Crippen LogP contribution in [0, 0.1) is 0 Å². The van der Waals surface area contributed by atoms with Gasteiger partial charge < -0.3 is 9.73 Å². The van der Waals surface area contributed by atoms with Gasteiger partial charge in [-0.2, -0.15) is 0 Å². The van der Waals surface area contributed by atoms with Crippen LogP contribution in [0.25, 0.3) is 22.2 Å². The lowest BCUT2D eigenvalue weighted by Gasteiger charge is -2.02. The van der Waals surface area contributed by atoms with Crippen molar-refractivity contribution in [1.82, 2.24) is 9.97 Å². The largest absolute Gasteiger partial charge is 0.461 e. The van der Waals surface area contributed by atoms with Gasteiger partial charge in [0.1, 0.15) is 11.3 Å². The number of aromatic nitrogens is 2. The molecule has 4 rings (SSSR count). The zero-order valence-corrected chi connectivity index (χ0v) is 17.7. The Kier molecular flexibility index (Phi) is 6.57. The summed E-state index contributed by atoms with van der Waals surface area (Å²) in [6.45, 7) is 2.26. The first-order chi connectivity index (χ1) is 14.3. The summed E-state index contributed by atoms with van der Waals surface area (Å²) in [5.74, 6) is 1.08. The van der Waals surface area contributed by atoms with Gasteiger partial charge in [-0.05, 0) is 42.8 Å². The van der Waals surface area contributed by atoms with Crippen LogP contribution in [0.3, 0.4) is 0 Å². The van der Waals surface area contributed by atoms with Gasteiger partial charge in [-0.3, -0.25) is 4.98 Å². The lowest BCUT2D eigenvalue weighted by molar-refractivity contribution is 0.521. The van der Waals surface area contributed by atoms with Crippen molar-refractivity contribution in [3.8, 4) is 11.3 Å². The highest BCUT2D eigenvalue weighted by Crippen LogP contribution is 2.29. The van der Waals surface area contributed by atoms with E-state index < -0.39 is 0 Å². The minimum atomic E-state index is 0.874. The van der Waals surface area contributed by atoms with Gasteiger partial charge in [-0.15, -0.1) is 11.3 Å². The van der Waals surface area contributed by atoms with Crippen molar-refractivity contribution in [1.29, 1.82) is 0 Å². The molecule has 0 unspecified atom stereocenters. The van der Waals surface area contributed by atoms with Crippen LogP contribution in [-0.4, -0.2) is 9.97 Å². The van der Waals surface area contributed by atoms with E-state index in [0.29, 0.717) is 0 Å². The first-order valence-corrected chi connectivity index (χ1v) is 11.4. The quantitative estimate of drug-likeness (QED) is 0.276. The first-order valence-electron chi connectivity index (χ1n) is 10.5. The predicted molar refractivity (Wildman–Crippen MR) is 122 cm³/mol. The van der Waals surface area contributed by atoms with E-state index in [2.05, 4.69) is 34.3 Å². The van der Waals surface area contributed by atoms with Gasteiger partial charge in [0, 0.05) is 40.8 Å². The van der Waals surface area contributed by atoms with Gasteiger partial charge in [0.15, 0.2) is 5.13 Å². The molecule has 0 aliphatic heterocycles. The van der Waals surface area contributed by atoms with E-state index in [9.17, 15) is 0 Å². The highest BCUT2D eigenvalue weighted by molar-refractivity contribution is 7.14. The summed E-state index contributed by atoms with van der Waals surface area (Å²) in [7, 11) is 0. The number of thiazole rings is 1. The average molecular weight is 406 g/mol. The van der Waals surface area contributed by atoms with Crippen LogP contribution in [0.1, 0.15) is 51.2 Å². The second-order valence-electron chi connectivity index (χ2n) is 7.39. The molecule has 0 atom stereocenters. The zero-order chi connectivity index (χ0) is 19.9. The molecule has 1 N–H and O–H groups in total. The van der Waals surface area contributed by atoms with Gasteiger partial charge in [0.2, 0.25) is 0 Å². The molecule has 0 bridgehead atoms. The summed E-state index contributed by atoms with van der Waals surface area (Å²) in [5, 5.41) is 7.48. The molecule has 4 aromatic rings. The topological polar surface area (TPSA) is 51.0 Å². The first kappa shape index (κ1) is 19.6. The summed E-state index contributed by atoms with van der Waals surface area (Å²) >= 11 is 1.60. The van der Waals surface area contributed by atoms with Crippen molar-refractivity contribution in [2.45, 2.75) is 51.9 Å². The van der Waals surface area contributed by atoms with Crippen LogP contribution >= 0.6 is 11.3 Å². The van der Waals surface area contributed by atoms with E-state index in [-0.39, 0.29) is 0 Å². The Morgan fingerprint density at radius 3 is 2.79 bits per heavy atom. The molecule has 150 valence electrons. The van der Waals surface area contributed by atoms with Crippen molar-refractivity contribution in [3.05, 3.63) is 59.9 Å². The molecule has 1 aromatic carbocycles. The normalized spacial score (nSPS) is 11.2. The van der Waals surface area contributed by atoms with Gasteiger partial charge >= 0.3 is 0 Å². The highest BCUT2D eigenvalue weighted by Gasteiger charge is 2.08. The second-order valence-corrected chi connectivity index (χ2v) is 8.25. The number of hydrogen-bond donors (Lipinski definition) is 1. The van der Waals surface area contributed by atoms with E-state index in [4.69, 9.17) is 4.42 Å². The molecular weight excluding hydrogens is 378 g/mol. The third-order valence-corrected chi connectivity index (χ3v) is 5.81. The van der Waals surface area contributed by atoms with Crippen LogP contribution in [0.5, 0.6) is 0 Å². The van der Waals surface area contributed by atoms with Crippen LogP contribution in [0.2, 0.25) is 0 Å². The number of anilines is 2. The SMILES string of the molecule is CCCCCCCCc1cc2cc(Nc3nc(-c4cccnc4)cs3)ccc2o1. The minimum absolute atomic E-state index is 0.874. The lowest BCUT2D eigenvalue weighted by atomic mass is 10.1. The van der Waals surface area contributed by atoms with Crippen molar-refractivity contribution in [2.24, 2.45) is 0 Å². The maximum Gasteiger partial charge on any atom is 0.187 e. The Morgan fingerprint density at radius 1 is 1.03 bits per heavy atom. The van der Waals surface area contributed by atoms with Crippen LogP contribution in [-0.2, 0) is 6.42 Å². The van der Waals surface area contributed by atoms with Gasteiger partial charge in [0.05, 0.1) is 5.69 Å². The fraction of sp³-hybridized carbons (Fsp3) is 0.333. The molecule has 0 aliphatic carbocycles. The third-order valence-electron chi connectivity index (χ3n) is 5.06. The lowest BCUT2D eigenvalue weighted by Crippen LogP contribution is -1.89. The molecule has 0 fully saturated rings. The van der Waals surface area contributed by atoms with E-state index in [0.717, 1.165) is 45.2 Å². The Hall–Kier alpha value is -2.66. The summed E-state index contributed by atoms with van der Waals surface area (Å²) in [6.07, 6.45) is 12.4. The molecule has 0 spiro atoms. The van der Waals surface area contributed by atoms with E-state index in [1.807, 2.05) is 35.8 Å². The summed E-state index contributed by atoms with van der Waals surface area (Å²) in [4.78, 5) is 8.84. The van der Waals surface area contributed by atoms with Gasteiger partial charge in [-0.1, -0.05) is 39.0 Å². The van der Waals surface area contributed by atoms with Crippen molar-refractivity contribution in [2.75, 3.05) is 5.32 Å². The molecular formula is C24H27N3OS. The molecule has 29 heavy (non-hydrogen) atoms. The number of unbranched alkanes of at least 4 members (excludes halogenated alkanes) is 5. The Bertz CT molecular complexity index is 1040. The number of fused-ring (bicyclic) bond motifs is 1. The van der Waals surface area contributed by atoms with Gasteiger partial charge in [0.25, 0.3) is 0 Å². The molecule has 0 saturated carbocycles. The standard InChI is InChI=1S/C24H27N3OS/c1-2-3-4-5-6-7-10-21-15-19-14-20(11-12-23(19)28-21)26-24-27-22(17-29-24)18-9-8-13-25-16-18/h8-9,11-17H,2-7,10H2,1H3,(H,26,27). The number of furan rings is 1. The van der Waals surface area contributed by atoms with E-state index >= 15 is 0 Å². The average Bonchev–Trinajstić information content (AvgIpc) is 3.38. The summed E-state index contributed by atoms with van der Waals surface area (Å²) in [6, 6.07) is 12.3. The molecule has 4 nitrogen and oxygen atoms in total. The van der Waals surface area contributed by atoms with E-state index in [1.54, 1.807) is 17.5 Å². The van der Waals surface area contributed by atoms with Crippen LogP contribution in [0.15, 0.2) is 58.6 Å². The molecule has 5 heteroatoms. The number of benzene rings is 1.